The number of rotatable bonds is 5. The summed E-state index contributed by atoms with van der Waals surface area (Å²) < 4.78 is 5.32. The van der Waals surface area contributed by atoms with Crippen LogP contribution in [0.1, 0.15) is 9.75 Å². The van der Waals surface area contributed by atoms with Gasteiger partial charge in [-0.3, -0.25) is 4.79 Å². The normalized spacial score (nSPS) is 10.3. The number of amides is 1. The Labute approximate surface area is 127 Å². The quantitative estimate of drug-likeness (QED) is 0.850. The summed E-state index contributed by atoms with van der Waals surface area (Å²) in [6, 6.07) is 9.80. The zero-order valence-corrected chi connectivity index (χ0v) is 13.4. The van der Waals surface area contributed by atoms with E-state index in [-0.39, 0.29) is 5.91 Å². The molecule has 5 heteroatoms. The molecule has 0 unspecified atom stereocenters. The van der Waals surface area contributed by atoms with Crippen LogP contribution in [0.15, 0.2) is 35.2 Å². The van der Waals surface area contributed by atoms with Crippen molar-refractivity contribution in [2.75, 3.05) is 18.7 Å². The Kier molecular flexibility index (Phi) is 5.09. The molecule has 0 saturated heterocycles. The van der Waals surface area contributed by atoms with Gasteiger partial charge in [-0.05, 0) is 43.5 Å². The summed E-state index contributed by atoms with van der Waals surface area (Å²) in [5.41, 5.74) is 0.712. The van der Waals surface area contributed by atoms with Crippen molar-refractivity contribution >= 4 is 34.7 Å². The maximum Gasteiger partial charge on any atom is 0.229 e. The number of ether oxygens (including phenoxy) is 1. The number of hydrogen-bond acceptors (Lipinski definition) is 4. The van der Waals surface area contributed by atoms with E-state index in [0.29, 0.717) is 17.9 Å². The molecule has 0 bridgehead atoms. The van der Waals surface area contributed by atoms with Crippen molar-refractivity contribution in [1.29, 1.82) is 0 Å². The van der Waals surface area contributed by atoms with Gasteiger partial charge in [-0.25, -0.2) is 0 Å². The molecule has 1 amide bonds. The molecule has 1 heterocycles. The van der Waals surface area contributed by atoms with Gasteiger partial charge in [0.25, 0.3) is 0 Å². The molecule has 1 aromatic carbocycles. The Morgan fingerprint density at radius 3 is 2.75 bits per heavy atom. The van der Waals surface area contributed by atoms with E-state index in [1.807, 2.05) is 43.5 Å². The maximum absolute atomic E-state index is 12.0. The molecule has 0 aliphatic heterocycles. The zero-order chi connectivity index (χ0) is 14.5. The lowest BCUT2D eigenvalue weighted by Crippen LogP contribution is -2.14. The second-order valence-corrected chi connectivity index (χ2v) is 6.56. The molecule has 2 rings (SSSR count). The van der Waals surface area contributed by atoms with Crippen LogP contribution in [0, 0.1) is 6.92 Å². The average molecular weight is 307 g/mol. The molecule has 3 nitrogen and oxygen atoms in total. The second kappa shape index (κ2) is 6.81. The van der Waals surface area contributed by atoms with Crippen LogP contribution in [0.25, 0.3) is 0 Å². The minimum atomic E-state index is -0.0259. The van der Waals surface area contributed by atoms with Crippen LogP contribution in [0.3, 0.4) is 0 Å². The lowest BCUT2D eigenvalue weighted by molar-refractivity contribution is -0.115. The van der Waals surface area contributed by atoms with Crippen LogP contribution in [-0.4, -0.2) is 19.3 Å². The first-order valence-corrected chi connectivity index (χ1v) is 8.23. The summed E-state index contributed by atoms with van der Waals surface area (Å²) in [4.78, 5) is 15.4. The van der Waals surface area contributed by atoms with E-state index in [1.54, 1.807) is 30.2 Å². The smallest absolute Gasteiger partial charge is 0.229 e. The third-order valence-electron chi connectivity index (χ3n) is 2.81. The van der Waals surface area contributed by atoms with Crippen LogP contribution in [0.5, 0.6) is 5.75 Å². The highest BCUT2D eigenvalue weighted by molar-refractivity contribution is 7.98. The highest BCUT2D eigenvalue weighted by atomic mass is 32.2. The molecule has 0 fully saturated rings. The molecule has 0 aliphatic carbocycles. The molecule has 1 aromatic heterocycles. The summed E-state index contributed by atoms with van der Waals surface area (Å²) in [5, 5.41) is 2.90. The maximum atomic E-state index is 12.0. The van der Waals surface area contributed by atoms with Crippen LogP contribution in [0.2, 0.25) is 0 Å². The lowest BCUT2D eigenvalue weighted by Gasteiger charge is -2.11. The highest BCUT2D eigenvalue weighted by Gasteiger charge is 2.10. The SMILES string of the molecule is COc1cc(SC)ccc1NC(=O)Cc1ccc(C)s1. The monoisotopic (exact) mass is 307 g/mol. The molecular weight excluding hydrogens is 290 g/mol. The molecular formula is C15H17NO2S2. The van der Waals surface area contributed by atoms with Crippen molar-refractivity contribution in [1.82, 2.24) is 0 Å². The Hall–Kier alpha value is -1.46. The zero-order valence-electron chi connectivity index (χ0n) is 11.7. The standard InChI is InChI=1S/C15H17NO2S2/c1-10-4-5-12(20-10)9-15(17)16-13-7-6-11(19-3)8-14(13)18-2/h4-8H,9H2,1-3H3,(H,16,17). The molecule has 2 aromatic rings. The van der Waals surface area contributed by atoms with Crippen molar-refractivity contribution in [2.45, 2.75) is 18.2 Å². The Balaban J connectivity index is 2.07. The van der Waals surface area contributed by atoms with E-state index in [2.05, 4.69) is 5.32 Å². The number of aryl methyl sites for hydroxylation is 1. The number of thioether (sulfide) groups is 1. The van der Waals surface area contributed by atoms with Crippen molar-refractivity contribution in [3.8, 4) is 5.75 Å². The van der Waals surface area contributed by atoms with E-state index in [9.17, 15) is 4.79 Å². The third kappa shape index (κ3) is 3.77. The molecule has 0 saturated carbocycles. The predicted molar refractivity (Wildman–Crippen MR) is 86.2 cm³/mol. The first-order chi connectivity index (χ1) is 9.62. The number of anilines is 1. The molecule has 0 radical (unpaired) electrons. The number of benzene rings is 1. The topological polar surface area (TPSA) is 38.3 Å². The number of methoxy groups -OCH3 is 1. The lowest BCUT2D eigenvalue weighted by atomic mass is 10.2. The van der Waals surface area contributed by atoms with Gasteiger partial charge in [-0.15, -0.1) is 23.1 Å². The summed E-state index contributed by atoms with van der Waals surface area (Å²) in [5.74, 6) is 0.662. The van der Waals surface area contributed by atoms with Gasteiger partial charge in [0, 0.05) is 14.6 Å². The number of hydrogen-bond donors (Lipinski definition) is 1. The fourth-order valence-electron chi connectivity index (χ4n) is 1.83. The van der Waals surface area contributed by atoms with Gasteiger partial charge in [-0.1, -0.05) is 0 Å². The largest absolute Gasteiger partial charge is 0.495 e. The van der Waals surface area contributed by atoms with Gasteiger partial charge in [0.05, 0.1) is 19.2 Å². The first-order valence-electron chi connectivity index (χ1n) is 6.19. The van der Waals surface area contributed by atoms with Crippen molar-refractivity contribution < 1.29 is 9.53 Å². The van der Waals surface area contributed by atoms with Gasteiger partial charge < -0.3 is 10.1 Å². The number of carbonyl (C=O) groups is 1. The van der Waals surface area contributed by atoms with E-state index < -0.39 is 0 Å². The van der Waals surface area contributed by atoms with E-state index >= 15 is 0 Å². The average Bonchev–Trinajstić information content (AvgIpc) is 2.84. The summed E-state index contributed by atoms with van der Waals surface area (Å²) >= 11 is 3.29. The number of nitrogens with one attached hydrogen (secondary N) is 1. The predicted octanol–water partition coefficient (Wildman–Crippen LogP) is 3.97. The van der Waals surface area contributed by atoms with Crippen molar-refractivity contribution in [2.24, 2.45) is 0 Å². The second-order valence-electron chi connectivity index (χ2n) is 4.30. The summed E-state index contributed by atoms with van der Waals surface area (Å²) in [6.07, 6.45) is 2.40. The molecule has 1 N–H and O–H groups in total. The summed E-state index contributed by atoms with van der Waals surface area (Å²) in [6.45, 7) is 2.04. The van der Waals surface area contributed by atoms with Gasteiger partial charge in [0.1, 0.15) is 5.75 Å². The van der Waals surface area contributed by atoms with Gasteiger partial charge in [0.2, 0.25) is 5.91 Å². The molecule has 106 valence electrons. The fraction of sp³-hybridized carbons (Fsp3) is 0.267. The number of carbonyl (C=O) groups excluding carboxylic acids is 1. The van der Waals surface area contributed by atoms with Crippen molar-refractivity contribution in [3.05, 3.63) is 40.1 Å². The molecule has 0 spiro atoms. The number of thiophene rings is 1. The minimum Gasteiger partial charge on any atom is -0.495 e. The Morgan fingerprint density at radius 2 is 2.15 bits per heavy atom. The van der Waals surface area contributed by atoms with Crippen molar-refractivity contribution in [3.63, 3.8) is 0 Å². The molecule has 20 heavy (non-hydrogen) atoms. The van der Waals surface area contributed by atoms with Crippen LogP contribution >= 0.6 is 23.1 Å². The summed E-state index contributed by atoms with van der Waals surface area (Å²) in [7, 11) is 1.61. The van der Waals surface area contributed by atoms with Crippen LogP contribution in [0.4, 0.5) is 5.69 Å². The van der Waals surface area contributed by atoms with Gasteiger partial charge >= 0.3 is 0 Å². The first kappa shape index (κ1) is 14.9. The van der Waals surface area contributed by atoms with Crippen LogP contribution in [-0.2, 0) is 11.2 Å². The molecule has 0 atom stereocenters. The van der Waals surface area contributed by atoms with Crippen LogP contribution < -0.4 is 10.1 Å². The fourth-order valence-corrected chi connectivity index (χ4v) is 3.15. The highest BCUT2D eigenvalue weighted by Crippen LogP contribution is 2.29. The van der Waals surface area contributed by atoms with Gasteiger partial charge in [-0.2, -0.15) is 0 Å². The Morgan fingerprint density at radius 1 is 1.35 bits per heavy atom. The molecule has 0 aliphatic rings. The third-order valence-corrected chi connectivity index (χ3v) is 4.54. The minimum absolute atomic E-state index is 0.0259. The van der Waals surface area contributed by atoms with E-state index in [0.717, 1.165) is 9.77 Å². The van der Waals surface area contributed by atoms with E-state index in [4.69, 9.17) is 4.74 Å². The Bertz CT molecular complexity index is 608. The van der Waals surface area contributed by atoms with E-state index in [1.165, 1.54) is 4.88 Å². The van der Waals surface area contributed by atoms with Gasteiger partial charge in [0.15, 0.2) is 0 Å².